The van der Waals surface area contributed by atoms with E-state index in [2.05, 4.69) is 10.6 Å². The molecule has 0 aliphatic carbocycles. The van der Waals surface area contributed by atoms with Crippen LogP contribution in [0.15, 0.2) is 11.1 Å². The molecule has 0 unspecified atom stereocenters. The molecule has 3 amide bonds. The number of hydrogen-bond donors (Lipinski definition) is 3. The minimum absolute atomic E-state index is 0.00343. The number of methoxy groups -OCH3 is 1. The van der Waals surface area contributed by atoms with Gasteiger partial charge in [0.2, 0.25) is 0 Å². The molecule has 21 heavy (non-hydrogen) atoms. The molecule has 0 heterocycles. The van der Waals surface area contributed by atoms with E-state index in [0.717, 1.165) is 6.42 Å². The van der Waals surface area contributed by atoms with Crippen LogP contribution in [0.3, 0.4) is 0 Å². The number of rotatable bonds is 7. The average molecular weight is 300 g/mol. The summed E-state index contributed by atoms with van der Waals surface area (Å²) in [5.74, 6) is -1.91. The molecule has 0 rings (SSSR count). The lowest BCUT2D eigenvalue weighted by Crippen LogP contribution is -2.44. The SMILES string of the molecule is COCCC(C)(C)CNC(=O)NC(=O)C(C)=C(C)C(=O)O. The van der Waals surface area contributed by atoms with Crippen LogP contribution in [-0.2, 0) is 14.3 Å². The van der Waals surface area contributed by atoms with Crippen molar-refractivity contribution in [2.24, 2.45) is 5.41 Å². The third-order valence-corrected chi connectivity index (χ3v) is 3.16. The van der Waals surface area contributed by atoms with E-state index in [1.165, 1.54) is 13.8 Å². The van der Waals surface area contributed by atoms with Gasteiger partial charge in [0.05, 0.1) is 0 Å². The summed E-state index contributed by atoms with van der Waals surface area (Å²) >= 11 is 0. The number of hydrogen-bond acceptors (Lipinski definition) is 4. The first-order valence-corrected chi connectivity index (χ1v) is 6.59. The van der Waals surface area contributed by atoms with Crippen LogP contribution in [0.2, 0.25) is 0 Å². The van der Waals surface area contributed by atoms with Gasteiger partial charge >= 0.3 is 12.0 Å². The molecule has 0 bridgehead atoms. The number of carboxylic acid groups (broad SMARTS) is 1. The maximum absolute atomic E-state index is 11.7. The van der Waals surface area contributed by atoms with Gasteiger partial charge in [-0.15, -0.1) is 0 Å². The molecule has 0 fully saturated rings. The van der Waals surface area contributed by atoms with E-state index in [-0.39, 0.29) is 16.6 Å². The smallest absolute Gasteiger partial charge is 0.331 e. The second-order valence-corrected chi connectivity index (χ2v) is 5.60. The van der Waals surface area contributed by atoms with Gasteiger partial charge < -0.3 is 15.2 Å². The zero-order valence-corrected chi connectivity index (χ0v) is 13.2. The Morgan fingerprint density at radius 2 is 1.71 bits per heavy atom. The van der Waals surface area contributed by atoms with Crippen molar-refractivity contribution in [2.45, 2.75) is 34.1 Å². The molecule has 0 aromatic rings. The Morgan fingerprint density at radius 1 is 1.14 bits per heavy atom. The predicted octanol–water partition coefficient (Wildman–Crippen LogP) is 1.30. The zero-order chi connectivity index (χ0) is 16.6. The lowest BCUT2D eigenvalue weighted by atomic mass is 9.90. The summed E-state index contributed by atoms with van der Waals surface area (Å²) in [7, 11) is 1.61. The number of carboxylic acids is 1. The molecule has 0 aliphatic rings. The van der Waals surface area contributed by atoms with Gasteiger partial charge in [-0.25, -0.2) is 9.59 Å². The minimum atomic E-state index is -1.19. The highest BCUT2D eigenvalue weighted by molar-refractivity contribution is 6.07. The highest BCUT2D eigenvalue weighted by Crippen LogP contribution is 2.18. The standard InChI is InChI=1S/C14H24N2O5/c1-9(10(2)12(18)19)11(17)16-13(20)15-8-14(3,4)6-7-21-5/h6-8H2,1-5H3,(H,18,19)(H2,15,16,17,20). The topological polar surface area (TPSA) is 105 Å². The first kappa shape index (κ1) is 19.1. The van der Waals surface area contributed by atoms with Crippen molar-refractivity contribution < 1.29 is 24.2 Å². The summed E-state index contributed by atoms with van der Waals surface area (Å²) in [6.07, 6.45) is 0.759. The summed E-state index contributed by atoms with van der Waals surface area (Å²) in [6, 6.07) is -0.650. The summed E-state index contributed by atoms with van der Waals surface area (Å²) in [6.45, 7) is 7.55. The van der Waals surface area contributed by atoms with E-state index < -0.39 is 17.9 Å². The first-order chi connectivity index (χ1) is 9.60. The van der Waals surface area contributed by atoms with Gasteiger partial charge in [-0.3, -0.25) is 10.1 Å². The molecule has 0 aromatic carbocycles. The van der Waals surface area contributed by atoms with Crippen LogP contribution in [0, 0.1) is 5.41 Å². The fourth-order valence-electron chi connectivity index (χ4n) is 1.36. The number of carbonyl (C=O) groups is 3. The van der Waals surface area contributed by atoms with Crippen LogP contribution < -0.4 is 10.6 Å². The van der Waals surface area contributed by atoms with Crippen LogP contribution >= 0.6 is 0 Å². The summed E-state index contributed by atoms with van der Waals surface area (Å²) in [5, 5.41) is 13.5. The van der Waals surface area contributed by atoms with Gasteiger partial charge in [0.1, 0.15) is 0 Å². The van der Waals surface area contributed by atoms with Crippen LogP contribution in [0.5, 0.6) is 0 Å². The van der Waals surface area contributed by atoms with E-state index in [1.807, 2.05) is 13.8 Å². The summed E-state index contributed by atoms with van der Waals surface area (Å²) in [5.41, 5.74) is -0.268. The normalized spacial score (nSPS) is 12.4. The fraction of sp³-hybridized carbons (Fsp3) is 0.643. The van der Waals surface area contributed by atoms with Crippen molar-refractivity contribution >= 4 is 17.9 Å². The number of aliphatic carboxylic acids is 1. The van der Waals surface area contributed by atoms with Crippen LogP contribution in [-0.4, -0.2) is 43.3 Å². The molecule has 120 valence electrons. The van der Waals surface area contributed by atoms with Crippen LogP contribution in [0.4, 0.5) is 4.79 Å². The van der Waals surface area contributed by atoms with Crippen molar-refractivity contribution in [1.29, 1.82) is 0 Å². The predicted molar refractivity (Wildman–Crippen MR) is 77.8 cm³/mol. The Balaban J connectivity index is 4.42. The third kappa shape index (κ3) is 7.45. The van der Waals surface area contributed by atoms with Gasteiger partial charge in [0.25, 0.3) is 5.91 Å². The largest absolute Gasteiger partial charge is 0.478 e. The molecule has 0 saturated carbocycles. The van der Waals surface area contributed by atoms with Crippen LogP contribution in [0.25, 0.3) is 0 Å². The van der Waals surface area contributed by atoms with Gasteiger partial charge in [-0.05, 0) is 25.7 Å². The second-order valence-electron chi connectivity index (χ2n) is 5.60. The first-order valence-electron chi connectivity index (χ1n) is 6.59. The van der Waals surface area contributed by atoms with E-state index in [4.69, 9.17) is 9.84 Å². The molecular formula is C14H24N2O5. The molecule has 0 aliphatic heterocycles. The van der Waals surface area contributed by atoms with E-state index in [0.29, 0.717) is 13.2 Å². The van der Waals surface area contributed by atoms with Gasteiger partial charge in [-0.2, -0.15) is 0 Å². The zero-order valence-electron chi connectivity index (χ0n) is 13.2. The third-order valence-electron chi connectivity index (χ3n) is 3.16. The van der Waals surface area contributed by atoms with Crippen molar-refractivity contribution in [3.63, 3.8) is 0 Å². The lowest BCUT2D eigenvalue weighted by Gasteiger charge is -2.24. The van der Waals surface area contributed by atoms with Crippen molar-refractivity contribution in [3.05, 3.63) is 11.1 Å². The molecule has 0 atom stereocenters. The maximum atomic E-state index is 11.7. The van der Waals surface area contributed by atoms with E-state index in [1.54, 1.807) is 7.11 Å². The van der Waals surface area contributed by atoms with Gasteiger partial charge in [0.15, 0.2) is 0 Å². The number of ether oxygens (including phenoxy) is 1. The monoisotopic (exact) mass is 300 g/mol. The highest BCUT2D eigenvalue weighted by Gasteiger charge is 2.20. The Morgan fingerprint density at radius 3 is 2.19 bits per heavy atom. The quantitative estimate of drug-likeness (QED) is 0.615. The molecule has 0 spiro atoms. The van der Waals surface area contributed by atoms with E-state index >= 15 is 0 Å². The molecular weight excluding hydrogens is 276 g/mol. The number of carbonyl (C=O) groups excluding carboxylic acids is 2. The fourth-order valence-corrected chi connectivity index (χ4v) is 1.36. The van der Waals surface area contributed by atoms with Crippen molar-refractivity contribution in [3.8, 4) is 0 Å². The average Bonchev–Trinajstić information content (AvgIpc) is 2.41. The molecule has 7 heteroatoms. The van der Waals surface area contributed by atoms with E-state index in [9.17, 15) is 14.4 Å². The Labute approximate surface area is 124 Å². The number of imide groups is 1. The Bertz CT molecular complexity index is 441. The summed E-state index contributed by atoms with van der Waals surface area (Å²) < 4.78 is 4.99. The molecule has 0 aromatic heterocycles. The van der Waals surface area contributed by atoms with Crippen molar-refractivity contribution in [1.82, 2.24) is 10.6 Å². The second kappa shape index (κ2) is 8.41. The van der Waals surface area contributed by atoms with Gasteiger partial charge in [0, 0.05) is 31.4 Å². The van der Waals surface area contributed by atoms with Crippen molar-refractivity contribution in [2.75, 3.05) is 20.3 Å². The maximum Gasteiger partial charge on any atom is 0.331 e. The minimum Gasteiger partial charge on any atom is -0.478 e. The number of amides is 3. The Hall–Kier alpha value is -1.89. The van der Waals surface area contributed by atoms with Gasteiger partial charge in [-0.1, -0.05) is 13.8 Å². The highest BCUT2D eigenvalue weighted by atomic mass is 16.5. The number of urea groups is 1. The number of nitrogens with one attached hydrogen (secondary N) is 2. The molecule has 7 nitrogen and oxygen atoms in total. The lowest BCUT2D eigenvalue weighted by molar-refractivity contribution is -0.133. The summed E-state index contributed by atoms with van der Waals surface area (Å²) in [4.78, 5) is 34.0. The Kier molecular flexibility index (Phi) is 7.65. The molecule has 0 saturated heterocycles. The molecule has 3 N–H and O–H groups in total. The molecule has 0 radical (unpaired) electrons. The van der Waals surface area contributed by atoms with Crippen LogP contribution in [0.1, 0.15) is 34.1 Å².